The number of benzene rings is 1. The zero-order valence-electron chi connectivity index (χ0n) is 11.3. The lowest BCUT2D eigenvalue weighted by Crippen LogP contribution is -2.29. The lowest BCUT2D eigenvalue weighted by Gasteiger charge is -2.20. The van der Waals surface area contributed by atoms with E-state index in [1.54, 1.807) is 12.1 Å². The fourth-order valence-electron chi connectivity index (χ4n) is 2.07. The number of furan rings is 1. The molecule has 100 valence electrons. The van der Waals surface area contributed by atoms with Gasteiger partial charge in [0.2, 0.25) is 0 Å². The van der Waals surface area contributed by atoms with Crippen molar-refractivity contribution >= 4 is 5.91 Å². The van der Waals surface area contributed by atoms with Crippen LogP contribution < -0.4 is 5.32 Å². The van der Waals surface area contributed by atoms with Gasteiger partial charge in [-0.05, 0) is 30.0 Å². The van der Waals surface area contributed by atoms with Crippen molar-refractivity contribution in [2.45, 2.75) is 26.3 Å². The third-order valence-electron chi connectivity index (χ3n) is 2.96. The summed E-state index contributed by atoms with van der Waals surface area (Å²) in [6, 6.07) is 13.4. The average molecular weight is 257 g/mol. The number of nitrogens with one attached hydrogen (secondary N) is 1. The van der Waals surface area contributed by atoms with E-state index >= 15 is 0 Å². The highest BCUT2D eigenvalue weighted by Crippen LogP contribution is 2.21. The van der Waals surface area contributed by atoms with Gasteiger partial charge in [-0.3, -0.25) is 4.79 Å². The molecule has 0 aliphatic heterocycles. The van der Waals surface area contributed by atoms with Gasteiger partial charge < -0.3 is 9.73 Å². The fraction of sp³-hybridized carbons (Fsp3) is 0.312. The van der Waals surface area contributed by atoms with Gasteiger partial charge in [-0.15, -0.1) is 0 Å². The first-order chi connectivity index (χ1) is 9.16. The van der Waals surface area contributed by atoms with E-state index in [-0.39, 0.29) is 11.9 Å². The Morgan fingerprint density at radius 1 is 1.16 bits per heavy atom. The predicted molar refractivity (Wildman–Crippen MR) is 74.8 cm³/mol. The highest BCUT2D eigenvalue weighted by molar-refractivity contribution is 5.91. The maximum Gasteiger partial charge on any atom is 0.287 e. The molecule has 3 heteroatoms. The molecule has 0 spiro atoms. The van der Waals surface area contributed by atoms with Crippen LogP contribution in [0.5, 0.6) is 0 Å². The summed E-state index contributed by atoms with van der Waals surface area (Å²) >= 11 is 0. The van der Waals surface area contributed by atoms with Gasteiger partial charge >= 0.3 is 0 Å². The molecule has 1 N–H and O–H groups in total. The SMILES string of the molecule is CC(C)C[C@@H](NC(=O)c1ccco1)c1ccccc1. The van der Waals surface area contributed by atoms with Crippen LogP contribution in [0.15, 0.2) is 53.1 Å². The van der Waals surface area contributed by atoms with Gasteiger partial charge in [0.25, 0.3) is 5.91 Å². The average Bonchev–Trinajstić information content (AvgIpc) is 2.92. The molecule has 1 heterocycles. The Labute approximate surface area is 113 Å². The van der Waals surface area contributed by atoms with Crippen LogP contribution in [-0.2, 0) is 0 Å². The zero-order valence-corrected chi connectivity index (χ0v) is 11.3. The Balaban J connectivity index is 2.13. The van der Waals surface area contributed by atoms with Crippen LogP contribution in [0.1, 0.15) is 42.4 Å². The molecular formula is C16H19NO2. The standard InChI is InChI=1S/C16H19NO2/c1-12(2)11-14(13-7-4-3-5-8-13)17-16(18)15-9-6-10-19-15/h3-10,12,14H,11H2,1-2H3,(H,17,18)/t14-/m1/s1. The van der Waals surface area contributed by atoms with Crippen LogP contribution in [0, 0.1) is 5.92 Å². The molecule has 0 fully saturated rings. The maximum atomic E-state index is 12.1. The predicted octanol–water partition coefficient (Wildman–Crippen LogP) is 3.80. The van der Waals surface area contributed by atoms with Crippen molar-refractivity contribution in [2.75, 3.05) is 0 Å². The number of hydrogen-bond acceptors (Lipinski definition) is 2. The van der Waals surface area contributed by atoms with E-state index in [1.807, 2.05) is 30.3 Å². The second-order valence-electron chi connectivity index (χ2n) is 5.04. The molecule has 1 amide bonds. The molecule has 0 aliphatic rings. The lowest BCUT2D eigenvalue weighted by atomic mass is 9.97. The van der Waals surface area contributed by atoms with E-state index in [1.165, 1.54) is 6.26 Å². The van der Waals surface area contributed by atoms with Crippen LogP contribution in [0.25, 0.3) is 0 Å². The van der Waals surface area contributed by atoms with Gasteiger partial charge in [0, 0.05) is 0 Å². The number of carbonyl (C=O) groups is 1. The molecule has 2 rings (SSSR count). The molecule has 0 radical (unpaired) electrons. The third kappa shape index (κ3) is 3.71. The Morgan fingerprint density at radius 2 is 1.89 bits per heavy atom. The van der Waals surface area contributed by atoms with Crippen molar-refractivity contribution in [2.24, 2.45) is 5.92 Å². The number of carbonyl (C=O) groups excluding carboxylic acids is 1. The second-order valence-corrected chi connectivity index (χ2v) is 5.04. The quantitative estimate of drug-likeness (QED) is 0.885. The van der Waals surface area contributed by atoms with Gasteiger partial charge in [-0.2, -0.15) is 0 Å². The molecule has 1 atom stereocenters. The number of hydrogen-bond donors (Lipinski definition) is 1. The molecule has 0 unspecified atom stereocenters. The Bertz CT molecular complexity index is 503. The Morgan fingerprint density at radius 3 is 2.47 bits per heavy atom. The van der Waals surface area contributed by atoms with E-state index in [4.69, 9.17) is 4.42 Å². The molecule has 1 aromatic carbocycles. The molecule has 0 bridgehead atoms. The highest BCUT2D eigenvalue weighted by atomic mass is 16.3. The minimum Gasteiger partial charge on any atom is -0.459 e. The molecule has 0 saturated carbocycles. The molecular weight excluding hydrogens is 238 g/mol. The van der Waals surface area contributed by atoms with E-state index in [9.17, 15) is 4.79 Å². The summed E-state index contributed by atoms with van der Waals surface area (Å²) in [5.74, 6) is 0.686. The smallest absolute Gasteiger partial charge is 0.287 e. The largest absolute Gasteiger partial charge is 0.459 e. The first kappa shape index (κ1) is 13.4. The lowest BCUT2D eigenvalue weighted by molar-refractivity contribution is 0.0904. The van der Waals surface area contributed by atoms with Crippen molar-refractivity contribution in [1.82, 2.24) is 5.32 Å². The van der Waals surface area contributed by atoms with Crippen molar-refractivity contribution in [3.8, 4) is 0 Å². The summed E-state index contributed by atoms with van der Waals surface area (Å²) in [7, 11) is 0. The molecule has 2 aromatic rings. The van der Waals surface area contributed by atoms with Crippen molar-refractivity contribution in [1.29, 1.82) is 0 Å². The van der Waals surface area contributed by atoms with Crippen LogP contribution in [-0.4, -0.2) is 5.91 Å². The second kappa shape index (κ2) is 6.23. The summed E-state index contributed by atoms with van der Waals surface area (Å²) < 4.78 is 5.12. The topological polar surface area (TPSA) is 42.2 Å². The van der Waals surface area contributed by atoms with Gasteiger partial charge in [0.05, 0.1) is 12.3 Å². The molecule has 0 aliphatic carbocycles. The monoisotopic (exact) mass is 257 g/mol. The van der Waals surface area contributed by atoms with E-state index in [0.717, 1.165) is 12.0 Å². The Kier molecular flexibility index (Phi) is 4.39. The first-order valence-corrected chi connectivity index (χ1v) is 6.56. The van der Waals surface area contributed by atoms with Crippen LogP contribution in [0.4, 0.5) is 0 Å². The van der Waals surface area contributed by atoms with Crippen molar-refractivity contribution < 1.29 is 9.21 Å². The number of amides is 1. The van der Waals surface area contributed by atoms with E-state index < -0.39 is 0 Å². The van der Waals surface area contributed by atoms with Crippen LogP contribution in [0.2, 0.25) is 0 Å². The molecule has 0 saturated heterocycles. The van der Waals surface area contributed by atoms with Gasteiger partial charge in [-0.25, -0.2) is 0 Å². The fourth-order valence-corrected chi connectivity index (χ4v) is 2.07. The minimum absolute atomic E-state index is 0.0128. The zero-order chi connectivity index (χ0) is 13.7. The van der Waals surface area contributed by atoms with Gasteiger partial charge in [0.15, 0.2) is 5.76 Å². The van der Waals surface area contributed by atoms with Crippen molar-refractivity contribution in [3.05, 3.63) is 60.1 Å². The van der Waals surface area contributed by atoms with E-state index in [0.29, 0.717) is 11.7 Å². The van der Waals surface area contributed by atoms with E-state index in [2.05, 4.69) is 19.2 Å². The summed E-state index contributed by atoms with van der Waals surface area (Å²) in [5, 5.41) is 3.03. The first-order valence-electron chi connectivity index (χ1n) is 6.56. The summed E-state index contributed by atoms with van der Waals surface area (Å²) in [6.45, 7) is 4.30. The van der Waals surface area contributed by atoms with Crippen LogP contribution in [0.3, 0.4) is 0 Å². The third-order valence-corrected chi connectivity index (χ3v) is 2.96. The van der Waals surface area contributed by atoms with Gasteiger partial charge in [0.1, 0.15) is 0 Å². The van der Waals surface area contributed by atoms with Crippen molar-refractivity contribution in [3.63, 3.8) is 0 Å². The maximum absolute atomic E-state index is 12.1. The summed E-state index contributed by atoms with van der Waals surface area (Å²) in [4.78, 5) is 12.1. The minimum atomic E-state index is -0.167. The molecule has 3 nitrogen and oxygen atoms in total. The Hall–Kier alpha value is -2.03. The number of rotatable bonds is 5. The summed E-state index contributed by atoms with van der Waals surface area (Å²) in [5.41, 5.74) is 1.12. The van der Waals surface area contributed by atoms with Gasteiger partial charge in [-0.1, -0.05) is 44.2 Å². The molecule has 19 heavy (non-hydrogen) atoms. The molecule has 1 aromatic heterocycles. The normalized spacial score (nSPS) is 12.4. The van der Waals surface area contributed by atoms with Crippen LogP contribution >= 0.6 is 0 Å². The highest BCUT2D eigenvalue weighted by Gasteiger charge is 2.18. The summed E-state index contributed by atoms with van der Waals surface area (Å²) in [6.07, 6.45) is 2.41.